The first-order valence-corrected chi connectivity index (χ1v) is 5.32. The Kier molecular flexibility index (Phi) is 6.33. The molecule has 2 aromatic heterocycles. The number of aromatic nitrogens is 2. The van der Waals surface area contributed by atoms with Gasteiger partial charge in [-0.2, -0.15) is 0 Å². The number of hydrogen-bond donors (Lipinski definition) is 1. The Morgan fingerprint density at radius 2 is 2.12 bits per heavy atom. The van der Waals surface area contributed by atoms with E-state index in [9.17, 15) is 0 Å². The Balaban J connectivity index is 0.00000112. The van der Waals surface area contributed by atoms with E-state index in [4.69, 9.17) is 0 Å². The van der Waals surface area contributed by atoms with Crippen molar-refractivity contribution < 1.29 is 0 Å². The number of hydrogen-bond acceptors (Lipinski definition) is 2. The van der Waals surface area contributed by atoms with Gasteiger partial charge in [0, 0.05) is 18.4 Å². The normalized spacial score (nSPS) is 11.7. The Labute approximate surface area is 116 Å². The van der Waals surface area contributed by atoms with Crippen LogP contribution in [0.2, 0.25) is 0 Å². The van der Waals surface area contributed by atoms with Crippen molar-refractivity contribution in [3.8, 4) is 0 Å². The van der Waals surface area contributed by atoms with Gasteiger partial charge >= 0.3 is 0 Å². The van der Waals surface area contributed by atoms with Crippen molar-refractivity contribution in [2.24, 2.45) is 0 Å². The van der Waals surface area contributed by atoms with Crippen LogP contribution in [-0.4, -0.2) is 16.4 Å². The highest BCUT2D eigenvalue weighted by atomic mass is 79.9. The van der Waals surface area contributed by atoms with Crippen molar-refractivity contribution in [2.45, 2.75) is 13.0 Å². The number of nitrogens with zero attached hydrogens (tertiary/aromatic N) is 2. The fourth-order valence-electron chi connectivity index (χ4n) is 1.35. The van der Waals surface area contributed by atoms with Crippen molar-refractivity contribution in [1.29, 1.82) is 0 Å². The van der Waals surface area contributed by atoms with Gasteiger partial charge in [0.05, 0.1) is 10.2 Å². The monoisotopic (exact) mass is 325 g/mol. The molecule has 0 saturated heterocycles. The summed E-state index contributed by atoms with van der Waals surface area (Å²) in [6.45, 7) is 2.09. The van der Waals surface area contributed by atoms with Crippen LogP contribution in [0.15, 0.2) is 29.0 Å². The fourth-order valence-corrected chi connectivity index (χ4v) is 1.80. The van der Waals surface area contributed by atoms with E-state index < -0.39 is 0 Å². The van der Waals surface area contributed by atoms with Gasteiger partial charge in [0.25, 0.3) is 0 Å². The van der Waals surface area contributed by atoms with Crippen molar-refractivity contribution in [3.05, 3.63) is 34.7 Å². The molecular formula is C10H14BrCl2N3. The van der Waals surface area contributed by atoms with Crippen LogP contribution in [0.25, 0.3) is 5.65 Å². The molecule has 0 aliphatic heterocycles. The molecule has 3 nitrogen and oxygen atoms in total. The van der Waals surface area contributed by atoms with E-state index in [2.05, 4.69) is 33.2 Å². The summed E-state index contributed by atoms with van der Waals surface area (Å²) in [5.41, 5.74) is 2.02. The van der Waals surface area contributed by atoms with Crippen LogP contribution < -0.4 is 5.32 Å². The summed E-state index contributed by atoms with van der Waals surface area (Å²) < 4.78 is 3.04. The number of halogens is 3. The highest BCUT2D eigenvalue weighted by molar-refractivity contribution is 9.10. The average molecular weight is 327 g/mol. The third-order valence-corrected chi connectivity index (χ3v) is 2.95. The van der Waals surface area contributed by atoms with E-state index in [1.54, 1.807) is 0 Å². The average Bonchev–Trinajstić information content (AvgIpc) is 2.62. The quantitative estimate of drug-likeness (QED) is 0.918. The standard InChI is InChI=1S/C10H12BrN3.2ClH/c1-7(12-2)9-6-14-5-3-4-8(11)10(14)13-9;;/h3-7,12H,1-2H3;2*1H. The lowest BCUT2D eigenvalue weighted by Crippen LogP contribution is -2.12. The third kappa shape index (κ3) is 2.88. The summed E-state index contributed by atoms with van der Waals surface area (Å²) in [4.78, 5) is 4.54. The number of rotatable bonds is 2. The maximum absolute atomic E-state index is 4.54. The van der Waals surface area contributed by atoms with Gasteiger partial charge in [-0.3, -0.25) is 0 Å². The Morgan fingerprint density at radius 3 is 2.69 bits per heavy atom. The predicted molar refractivity (Wildman–Crippen MR) is 74.9 cm³/mol. The summed E-state index contributed by atoms with van der Waals surface area (Å²) in [5.74, 6) is 0. The molecular weight excluding hydrogens is 313 g/mol. The van der Waals surface area contributed by atoms with Gasteiger partial charge < -0.3 is 9.72 Å². The fraction of sp³-hybridized carbons (Fsp3) is 0.300. The molecule has 0 radical (unpaired) electrons. The zero-order chi connectivity index (χ0) is 10.1. The Hall–Kier alpha value is -0.290. The largest absolute Gasteiger partial charge is 0.312 e. The predicted octanol–water partition coefficient (Wildman–Crippen LogP) is 3.22. The first-order valence-electron chi connectivity index (χ1n) is 4.52. The van der Waals surface area contributed by atoms with Crippen LogP contribution in [0, 0.1) is 0 Å². The number of nitrogens with one attached hydrogen (secondary N) is 1. The van der Waals surface area contributed by atoms with Crippen LogP contribution in [-0.2, 0) is 0 Å². The maximum Gasteiger partial charge on any atom is 0.151 e. The second-order valence-corrected chi connectivity index (χ2v) is 4.12. The van der Waals surface area contributed by atoms with Crippen molar-refractivity contribution in [2.75, 3.05) is 7.05 Å². The smallest absolute Gasteiger partial charge is 0.151 e. The second-order valence-electron chi connectivity index (χ2n) is 3.26. The summed E-state index contributed by atoms with van der Waals surface area (Å²) in [7, 11) is 1.93. The van der Waals surface area contributed by atoms with Crippen LogP contribution in [0.3, 0.4) is 0 Å². The molecule has 0 fully saturated rings. The van der Waals surface area contributed by atoms with Gasteiger partial charge in [0.15, 0.2) is 5.65 Å². The molecule has 0 aliphatic rings. The molecule has 6 heteroatoms. The molecule has 2 heterocycles. The van der Waals surface area contributed by atoms with E-state index in [1.165, 1.54) is 0 Å². The van der Waals surface area contributed by atoms with E-state index in [0.29, 0.717) is 0 Å². The van der Waals surface area contributed by atoms with Gasteiger partial charge in [0.1, 0.15) is 0 Å². The first kappa shape index (κ1) is 15.7. The topological polar surface area (TPSA) is 29.3 Å². The zero-order valence-electron chi connectivity index (χ0n) is 8.98. The highest BCUT2D eigenvalue weighted by Crippen LogP contribution is 2.19. The van der Waals surface area contributed by atoms with Gasteiger partial charge in [0.2, 0.25) is 0 Å². The summed E-state index contributed by atoms with van der Waals surface area (Å²) in [5, 5.41) is 3.17. The molecule has 1 N–H and O–H groups in total. The molecule has 2 rings (SSSR count). The van der Waals surface area contributed by atoms with E-state index >= 15 is 0 Å². The van der Waals surface area contributed by atoms with Crippen molar-refractivity contribution >= 4 is 46.4 Å². The molecule has 0 saturated carbocycles. The molecule has 0 aliphatic carbocycles. The van der Waals surface area contributed by atoms with Gasteiger partial charge in [-0.05, 0) is 42.0 Å². The van der Waals surface area contributed by atoms with E-state index in [0.717, 1.165) is 15.8 Å². The van der Waals surface area contributed by atoms with Crippen molar-refractivity contribution in [1.82, 2.24) is 14.7 Å². The lowest BCUT2D eigenvalue weighted by molar-refractivity contribution is 0.637. The maximum atomic E-state index is 4.54. The molecule has 1 unspecified atom stereocenters. The lowest BCUT2D eigenvalue weighted by Gasteiger charge is -2.04. The molecule has 0 spiro atoms. The van der Waals surface area contributed by atoms with Crippen LogP contribution >= 0.6 is 40.7 Å². The molecule has 16 heavy (non-hydrogen) atoms. The lowest BCUT2D eigenvalue weighted by atomic mass is 10.3. The van der Waals surface area contributed by atoms with Crippen LogP contribution in [0.5, 0.6) is 0 Å². The van der Waals surface area contributed by atoms with Gasteiger partial charge in [-0.25, -0.2) is 4.98 Å². The van der Waals surface area contributed by atoms with Gasteiger partial charge in [-0.1, -0.05) is 0 Å². The molecule has 0 bridgehead atoms. The Bertz CT molecular complexity index is 458. The minimum Gasteiger partial charge on any atom is -0.312 e. The highest BCUT2D eigenvalue weighted by Gasteiger charge is 2.08. The first-order chi connectivity index (χ1) is 6.72. The number of pyridine rings is 1. The Morgan fingerprint density at radius 1 is 1.44 bits per heavy atom. The minimum atomic E-state index is 0. The van der Waals surface area contributed by atoms with Crippen LogP contribution in [0.4, 0.5) is 0 Å². The second kappa shape index (κ2) is 6.45. The summed E-state index contributed by atoms with van der Waals surface area (Å²) in [6.07, 6.45) is 4.04. The molecule has 0 amide bonds. The van der Waals surface area contributed by atoms with Crippen molar-refractivity contribution in [3.63, 3.8) is 0 Å². The molecule has 90 valence electrons. The van der Waals surface area contributed by atoms with E-state index in [1.807, 2.05) is 36.0 Å². The van der Waals surface area contributed by atoms with Crippen LogP contribution in [0.1, 0.15) is 18.7 Å². The molecule has 0 aromatic carbocycles. The molecule has 1 atom stereocenters. The number of imidazole rings is 1. The van der Waals surface area contributed by atoms with E-state index in [-0.39, 0.29) is 30.9 Å². The summed E-state index contributed by atoms with van der Waals surface area (Å²) >= 11 is 3.48. The third-order valence-electron chi connectivity index (χ3n) is 2.33. The SMILES string of the molecule is CNC(C)c1cn2cccc(Br)c2n1.Cl.Cl. The zero-order valence-corrected chi connectivity index (χ0v) is 12.2. The molecule has 2 aromatic rings. The van der Waals surface area contributed by atoms with Gasteiger partial charge in [-0.15, -0.1) is 24.8 Å². The summed E-state index contributed by atoms with van der Waals surface area (Å²) in [6, 6.07) is 4.27. The minimum absolute atomic E-state index is 0. The number of fused-ring (bicyclic) bond motifs is 1.